The van der Waals surface area contributed by atoms with Gasteiger partial charge in [-0.2, -0.15) is 0 Å². The van der Waals surface area contributed by atoms with Gasteiger partial charge in [0.05, 0.1) is 5.75 Å². The SMILES string of the molecule is Cc1c(Cl)cccc1NC(=O)CSc1ccc(NC(=O)/C(=C/c2ccccc2)NC(=O)c2ccccc2)cc1. The third kappa shape index (κ3) is 8.07. The van der Waals surface area contributed by atoms with Crippen LogP contribution < -0.4 is 16.0 Å². The van der Waals surface area contributed by atoms with Gasteiger partial charge in [0.25, 0.3) is 11.8 Å². The summed E-state index contributed by atoms with van der Waals surface area (Å²) in [6, 6.07) is 30.5. The van der Waals surface area contributed by atoms with Gasteiger partial charge in [-0.05, 0) is 72.7 Å². The number of carbonyl (C=O) groups excluding carboxylic acids is 3. The minimum Gasteiger partial charge on any atom is -0.325 e. The van der Waals surface area contributed by atoms with E-state index in [1.54, 1.807) is 54.6 Å². The lowest BCUT2D eigenvalue weighted by Gasteiger charge is -2.12. The van der Waals surface area contributed by atoms with Gasteiger partial charge >= 0.3 is 0 Å². The highest BCUT2D eigenvalue weighted by Gasteiger charge is 2.15. The molecule has 8 heteroatoms. The highest BCUT2D eigenvalue weighted by atomic mass is 35.5. The molecule has 0 aliphatic heterocycles. The zero-order valence-electron chi connectivity index (χ0n) is 21.1. The molecule has 196 valence electrons. The molecule has 0 heterocycles. The van der Waals surface area contributed by atoms with Gasteiger partial charge in [-0.25, -0.2) is 0 Å². The van der Waals surface area contributed by atoms with Crippen LogP contribution >= 0.6 is 23.4 Å². The van der Waals surface area contributed by atoms with Crippen LogP contribution in [0.25, 0.3) is 6.08 Å². The third-order valence-corrected chi connectivity index (χ3v) is 7.08. The zero-order chi connectivity index (χ0) is 27.6. The molecular weight excluding hydrogens is 530 g/mol. The Morgan fingerprint density at radius 1 is 0.795 bits per heavy atom. The van der Waals surface area contributed by atoms with Gasteiger partial charge in [-0.15, -0.1) is 11.8 Å². The van der Waals surface area contributed by atoms with E-state index in [0.29, 0.717) is 22.0 Å². The van der Waals surface area contributed by atoms with Crippen molar-refractivity contribution in [2.75, 3.05) is 16.4 Å². The van der Waals surface area contributed by atoms with Crippen LogP contribution in [0.5, 0.6) is 0 Å². The molecule has 4 aromatic rings. The summed E-state index contributed by atoms with van der Waals surface area (Å²) in [6.07, 6.45) is 1.63. The standard InChI is InChI=1S/C31H26ClN3O3S/c1-21-26(32)13-8-14-27(21)34-29(36)20-39-25-17-15-24(16-18-25)33-31(38)28(19-22-9-4-2-5-10-22)35-30(37)23-11-6-3-7-12-23/h2-19H,20H2,1H3,(H,33,38)(H,34,36)(H,35,37)/b28-19-. The molecule has 0 saturated carbocycles. The van der Waals surface area contributed by atoms with Crippen molar-refractivity contribution in [1.82, 2.24) is 5.32 Å². The van der Waals surface area contributed by atoms with E-state index in [1.807, 2.05) is 61.5 Å². The maximum atomic E-state index is 13.1. The monoisotopic (exact) mass is 555 g/mol. The summed E-state index contributed by atoms with van der Waals surface area (Å²) >= 11 is 7.50. The van der Waals surface area contributed by atoms with Gasteiger partial charge in [0, 0.05) is 26.9 Å². The first-order chi connectivity index (χ1) is 18.9. The predicted octanol–water partition coefficient (Wildman–Crippen LogP) is 6.79. The van der Waals surface area contributed by atoms with Crippen LogP contribution in [-0.4, -0.2) is 23.5 Å². The van der Waals surface area contributed by atoms with Gasteiger partial charge in [0.2, 0.25) is 5.91 Å². The molecule has 0 fully saturated rings. The van der Waals surface area contributed by atoms with E-state index in [2.05, 4.69) is 16.0 Å². The molecule has 39 heavy (non-hydrogen) atoms. The molecule has 0 spiro atoms. The number of carbonyl (C=O) groups is 3. The normalized spacial score (nSPS) is 11.0. The lowest BCUT2D eigenvalue weighted by Crippen LogP contribution is -2.30. The fraction of sp³-hybridized carbons (Fsp3) is 0.0645. The minimum absolute atomic E-state index is 0.112. The minimum atomic E-state index is -0.459. The van der Waals surface area contributed by atoms with Crippen LogP contribution in [-0.2, 0) is 9.59 Å². The molecule has 0 bridgehead atoms. The van der Waals surface area contributed by atoms with Gasteiger partial charge in [-0.3, -0.25) is 14.4 Å². The number of amides is 3. The number of thioether (sulfide) groups is 1. The van der Waals surface area contributed by atoms with Crippen LogP contribution in [0.15, 0.2) is 114 Å². The van der Waals surface area contributed by atoms with Crippen molar-refractivity contribution in [1.29, 1.82) is 0 Å². The average Bonchev–Trinajstić information content (AvgIpc) is 2.96. The molecule has 6 nitrogen and oxygen atoms in total. The topological polar surface area (TPSA) is 87.3 Å². The van der Waals surface area contributed by atoms with E-state index in [-0.39, 0.29) is 23.3 Å². The third-order valence-electron chi connectivity index (χ3n) is 5.66. The van der Waals surface area contributed by atoms with Crippen molar-refractivity contribution in [3.05, 3.63) is 131 Å². The first kappa shape index (κ1) is 27.7. The number of benzene rings is 4. The zero-order valence-corrected chi connectivity index (χ0v) is 22.7. The van der Waals surface area contributed by atoms with Crippen molar-refractivity contribution in [3.63, 3.8) is 0 Å². The number of nitrogens with one attached hydrogen (secondary N) is 3. The van der Waals surface area contributed by atoms with Gasteiger partial charge in [0.15, 0.2) is 0 Å². The Balaban J connectivity index is 1.39. The van der Waals surface area contributed by atoms with Crippen LogP contribution in [0, 0.1) is 6.92 Å². The molecule has 0 saturated heterocycles. The average molecular weight is 556 g/mol. The Bertz CT molecular complexity index is 1490. The largest absolute Gasteiger partial charge is 0.325 e. The van der Waals surface area contributed by atoms with E-state index in [1.165, 1.54) is 11.8 Å². The van der Waals surface area contributed by atoms with Crippen LogP contribution in [0.3, 0.4) is 0 Å². The Morgan fingerprint density at radius 3 is 2.15 bits per heavy atom. The Hall–Kier alpha value is -4.33. The molecule has 0 aromatic heterocycles. The van der Waals surface area contributed by atoms with Crippen molar-refractivity contribution < 1.29 is 14.4 Å². The fourth-order valence-corrected chi connectivity index (χ4v) is 4.44. The Kier molecular flexibility index (Phi) is 9.56. The molecule has 4 rings (SSSR count). The van der Waals surface area contributed by atoms with E-state index < -0.39 is 5.91 Å². The maximum absolute atomic E-state index is 13.1. The fourth-order valence-electron chi connectivity index (χ4n) is 3.57. The van der Waals surface area contributed by atoms with E-state index in [9.17, 15) is 14.4 Å². The molecule has 3 amide bonds. The van der Waals surface area contributed by atoms with Crippen molar-refractivity contribution in [2.45, 2.75) is 11.8 Å². The lowest BCUT2D eigenvalue weighted by molar-refractivity contribution is -0.114. The number of halogens is 1. The van der Waals surface area contributed by atoms with Gasteiger partial charge in [0.1, 0.15) is 5.70 Å². The quantitative estimate of drug-likeness (QED) is 0.157. The number of hydrogen-bond donors (Lipinski definition) is 3. The van der Waals surface area contributed by atoms with Crippen LogP contribution in [0.1, 0.15) is 21.5 Å². The molecule has 0 radical (unpaired) electrons. The van der Waals surface area contributed by atoms with Crippen LogP contribution in [0.2, 0.25) is 5.02 Å². The first-order valence-electron chi connectivity index (χ1n) is 12.1. The molecule has 4 aromatic carbocycles. The number of anilines is 2. The van der Waals surface area contributed by atoms with E-state index in [0.717, 1.165) is 16.0 Å². The van der Waals surface area contributed by atoms with Crippen LogP contribution in [0.4, 0.5) is 11.4 Å². The smallest absolute Gasteiger partial charge is 0.272 e. The Labute approximate surface area is 236 Å². The molecule has 0 aliphatic carbocycles. The summed E-state index contributed by atoms with van der Waals surface area (Å²) in [5, 5.41) is 9.03. The number of hydrogen-bond acceptors (Lipinski definition) is 4. The maximum Gasteiger partial charge on any atom is 0.272 e. The van der Waals surface area contributed by atoms with Gasteiger partial charge < -0.3 is 16.0 Å². The molecule has 0 unspecified atom stereocenters. The van der Waals surface area contributed by atoms with E-state index >= 15 is 0 Å². The van der Waals surface area contributed by atoms with Crippen molar-refractivity contribution in [2.24, 2.45) is 0 Å². The van der Waals surface area contributed by atoms with Gasteiger partial charge in [-0.1, -0.05) is 66.2 Å². The van der Waals surface area contributed by atoms with E-state index in [4.69, 9.17) is 11.6 Å². The Morgan fingerprint density at radius 2 is 1.46 bits per heavy atom. The van der Waals surface area contributed by atoms with Crippen molar-refractivity contribution in [3.8, 4) is 0 Å². The second-order valence-corrected chi connectivity index (χ2v) is 9.97. The summed E-state index contributed by atoms with van der Waals surface area (Å²) in [6.45, 7) is 1.85. The second-order valence-electron chi connectivity index (χ2n) is 8.52. The molecule has 0 atom stereocenters. The summed E-state index contributed by atoms with van der Waals surface area (Å²) in [5.74, 6) is -0.772. The summed E-state index contributed by atoms with van der Waals surface area (Å²) in [5.41, 5.74) is 3.38. The number of rotatable bonds is 9. The van der Waals surface area contributed by atoms with Crippen molar-refractivity contribution >= 4 is 58.5 Å². The summed E-state index contributed by atoms with van der Waals surface area (Å²) in [7, 11) is 0. The highest BCUT2D eigenvalue weighted by Crippen LogP contribution is 2.24. The lowest BCUT2D eigenvalue weighted by atomic mass is 10.1. The summed E-state index contributed by atoms with van der Waals surface area (Å²) in [4.78, 5) is 39.2. The second kappa shape index (κ2) is 13.5. The highest BCUT2D eigenvalue weighted by molar-refractivity contribution is 8.00. The molecule has 3 N–H and O–H groups in total. The molecular formula is C31H26ClN3O3S. The molecule has 0 aliphatic rings. The first-order valence-corrected chi connectivity index (χ1v) is 13.5. The summed E-state index contributed by atoms with van der Waals surface area (Å²) < 4.78 is 0. The predicted molar refractivity (Wildman–Crippen MR) is 159 cm³/mol.